The van der Waals surface area contributed by atoms with E-state index >= 15 is 0 Å². The Bertz CT molecular complexity index is 2390. The lowest BCUT2D eigenvalue weighted by Gasteiger charge is -2.24. The van der Waals surface area contributed by atoms with Crippen molar-refractivity contribution in [3.63, 3.8) is 0 Å². The highest BCUT2D eigenvalue weighted by Gasteiger charge is 2.28. The number of sulfonamides is 3. The van der Waals surface area contributed by atoms with E-state index in [1.54, 1.807) is 0 Å². The van der Waals surface area contributed by atoms with Gasteiger partial charge in [-0.2, -0.15) is 0 Å². The minimum Gasteiger partial charge on any atom is -0.258 e. The zero-order valence-corrected chi connectivity index (χ0v) is 32.3. The quantitative estimate of drug-likeness (QED) is 0.0907. The Hall–Kier alpha value is -6.00. The molecule has 0 fully saturated rings. The standard InChI is InChI=1S/C30H33N9O15S3/c1-19(16-31-55(49,50)25-10-4-22(5-11-25)37(43)44)34-28(40)35(20(2)17-32-56(51,52)26-12-6-23(7-13-26)38(45)46)30(42)36(29(34)41)21(3)18-33-57(53,54)27-14-8-24(9-15-27)39(47)48/h4-15,19-21,31-33H,16-18H2,1-3H3/t19-,20-,21-/m0/s1. The second kappa shape index (κ2) is 17.0. The Labute approximate surface area is 322 Å². The van der Waals surface area contributed by atoms with Crippen LogP contribution < -0.4 is 31.2 Å². The summed E-state index contributed by atoms with van der Waals surface area (Å²) in [6, 6.07) is 7.15. The Morgan fingerprint density at radius 2 is 0.649 bits per heavy atom. The third kappa shape index (κ3) is 9.88. The topological polar surface area (TPSA) is 334 Å². The molecule has 0 radical (unpaired) electrons. The fourth-order valence-electron chi connectivity index (χ4n) is 5.18. The van der Waals surface area contributed by atoms with Gasteiger partial charge in [0.1, 0.15) is 0 Å². The van der Waals surface area contributed by atoms with Crippen LogP contribution in [0.3, 0.4) is 0 Å². The molecule has 27 heteroatoms. The fraction of sp³-hybridized carbons (Fsp3) is 0.300. The van der Waals surface area contributed by atoms with E-state index in [1.165, 1.54) is 20.8 Å². The van der Waals surface area contributed by atoms with Crippen LogP contribution in [0.25, 0.3) is 0 Å². The molecule has 0 spiro atoms. The summed E-state index contributed by atoms with van der Waals surface area (Å²) in [5.74, 6) is 0. The van der Waals surface area contributed by atoms with Gasteiger partial charge in [0.25, 0.3) is 17.1 Å². The van der Waals surface area contributed by atoms with E-state index in [9.17, 15) is 70.0 Å². The van der Waals surface area contributed by atoms with Crippen LogP contribution in [0, 0.1) is 30.3 Å². The molecule has 4 rings (SSSR count). The van der Waals surface area contributed by atoms with Gasteiger partial charge in [0.2, 0.25) is 30.1 Å². The maximum atomic E-state index is 13.9. The molecule has 0 saturated heterocycles. The largest absolute Gasteiger partial charge is 0.336 e. The van der Waals surface area contributed by atoms with Crippen molar-refractivity contribution in [2.24, 2.45) is 0 Å². The second-order valence-corrected chi connectivity index (χ2v) is 17.6. The molecule has 0 amide bonds. The second-order valence-electron chi connectivity index (χ2n) is 12.3. The number of nitro benzene ring substituents is 3. The normalized spacial score (nSPS) is 13.7. The van der Waals surface area contributed by atoms with E-state index in [0.717, 1.165) is 72.8 Å². The molecule has 3 atom stereocenters. The lowest BCUT2D eigenvalue weighted by molar-refractivity contribution is -0.385. The number of hydrogen-bond donors (Lipinski definition) is 3. The maximum absolute atomic E-state index is 13.9. The zero-order valence-electron chi connectivity index (χ0n) is 29.8. The van der Waals surface area contributed by atoms with Crippen LogP contribution in [0.1, 0.15) is 38.9 Å². The third-order valence-corrected chi connectivity index (χ3v) is 12.7. The number of benzene rings is 3. The molecule has 0 unspecified atom stereocenters. The lowest BCUT2D eigenvalue weighted by atomic mass is 10.3. The van der Waals surface area contributed by atoms with E-state index < -0.39 is 131 Å². The SMILES string of the molecule is C[C@@H](CNS(=O)(=O)c1ccc([N+](=O)[O-])cc1)n1c(=O)n([C@@H](C)CNS(=O)(=O)c2ccc([N+](=O)[O-])cc2)c(=O)n([C@@H](C)CNS(=O)(=O)c2ccc([N+](=O)[O-])cc2)c1=O. The van der Waals surface area contributed by atoms with Gasteiger partial charge in [-0.25, -0.2) is 67.5 Å². The zero-order chi connectivity index (χ0) is 42.6. The van der Waals surface area contributed by atoms with Gasteiger partial charge in [0.05, 0.1) is 47.6 Å². The van der Waals surface area contributed by atoms with Crippen molar-refractivity contribution in [2.75, 3.05) is 19.6 Å². The molecule has 0 aliphatic rings. The molecule has 0 aliphatic carbocycles. The molecule has 0 saturated carbocycles. The van der Waals surface area contributed by atoms with Gasteiger partial charge in [0, 0.05) is 56.0 Å². The minimum absolute atomic E-state index is 0.398. The molecule has 3 aromatic carbocycles. The Balaban J connectivity index is 1.71. The first-order chi connectivity index (χ1) is 26.5. The molecule has 3 N–H and O–H groups in total. The van der Waals surface area contributed by atoms with Crippen LogP contribution in [-0.2, 0) is 30.1 Å². The Kier molecular flexibility index (Phi) is 13.1. The highest BCUT2D eigenvalue weighted by Crippen LogP contribution is 2.19. The van der Waals surface area contributed by atoms with Crippen LogP contribution in [0.4, 0.5) is 17.1 Å². The minimum atomic E-state index is -4.40. The summed E-state index contributed by atoms with van der Waals surface area (Å²) < 4.78 is 86.1. The lowest BCUT2D eigenvalue weighted by Crippen LogP contribution is -2.59. The average molecular weight is 856 g/mol. The molecule has 306 valence electrons. The van der Waals surface area contributed by atoms with Crippen LogP contribution >= 0.6 is 0 Å². The van der Waals surface area contributed by atoms with Crippen LogP contribution in [0.15, 0.2) is 102 Å². The summed E-state index contributed by atoms with van der Waals surface area (Å²) in [6.45, 7) is 1.66. The molecular weight excluding hydrogens is 823 g/mol. The van der Waals surface area contributed by atoms with Gasteiger partial charge in [0.15, 0.2) is 0 Å². The summed E-state index contributed by atoms with van der Waals surface area (Å²) >= 11 is 0. The van der Waals surface area contributed by atoms with Gasteiger partial charge >= 0.3 is 17.1 Å². The van der Waals surface area contributed by atoms with Crippen molar-refractivity contribution in [2.45, 2.75) is 53.6 Å². The fourth-order valence-corrected chi connectivity index (χ4v) is 8.55. The van der Waals surface area contributed by atoms with Crippen LogP contribution in [0.2, 0.25) is 0 Å². The molecule has 0 bridgehead atoms. The predicted octanol–water partition coefficient (Wildman–Crippen LogP) is 0.515. The van der Waals surface area contributed by atoms with E-state index in [4.69, 9.17) is 0 Å². The van der Waals surface area contributed by atoms with Crippen LogP contribution in [-0.4, -0.2) is 73.4 Å². The number of rotatable bonds is 18. The summed E-state index contributed by atoms with van der Waals surface area (Å²) in [4.78, 5) is 71.2. The maximum Gasteiger partial charge on any atom is 0.336 e. The summed E-state index contributed by atoms with van der Waals surface area (Å²) in [7, 11) is -13.2. The van der Waals surface area contributed by atoms with Crippen molar-refractivity contribution in [3.05, 3.63) is 135 Å². The average Bonchev–Trinajstić information content (AvgIpc) is 3.15. The van der Waals surface area contributed by atoms with Crippen molar-refractivity contribution < 1.29 is 40.0 Å². The predicted molar refractivity (Wildman–Crippen MR) is 198 cm³/mol. The van der Waals surface area contributed by atoms with Gasteiger partial charge < -0.3 is 0 Å². The highest BCUT2D eigenvalue weighted by atomic mass is 32.2. The number of aromatic nitrogens is 3. The van der Waals surface area contributed by atoms with Gasteiger partial charge in [-0.05, 0) is 57.2 Å². The summed E-state index contributed by atoms with van der Waals surface area (Å²) in [6.07, 6.45) is 0. The van der Waals surface area contributed by atoms with Crippen molar-refractivity contribution in [1.29, 1.82) is 0 Å². The molecule has 57 heavy (non-hydrogen) atoms. The van der Waals surface area contributed by atoms with Crippen molar-refractivity contribution >= 4 is 47.1 Å². The van der Waals surface area contributed by atoms with Crippen LogP contribution in [0.5, 0.6) is 0 Å². The van der Waals surface area contributed by atoms with E-state index in [1.807, 2.05) is 0 Å². The molecule has 1 aromatic heterocycles. The number of non-ortho nitro benzene ring substituents is 3. The molecule has 0 aliphatic heterocycles. The van der Waals surface area contributed by atoms with Gasteiger partial charge in [-0.1, -0.05) is 0 Å². The molecule has 4 aromatic rings. The monoisotopic (exact) mass is 855 g/mol. The molecule has 24 nitrogen and oxygen atoms in total. The molecule has 1 heterocycles. The van der Waals surface area contributed by atoms with Crippen molar-refractivity contribution in [3.8, 4) is 0 Å². The smallest absolute Gasteiger partial charge is 0.258 e. The van der Waals surface area contributed by atoms with E-state index in [-0.39, 0.29) is 0 Å². The van der Waals surface area contributed by atoms with Crippen molar-refractivity contribution in [1.82, 2.24) is 27.9 Å². The summed E-state index contributed by atoms with van der Waals surface area (Å²) in [5.41, 5.74) is -5.14. The first-order valence-electron chi connectivity index (χ1n) is 16.2. The van der Waals surface area contributed by atoms with E-state index in [0.29, 0.717) is 13.7 Å². The number of nitro groups is 3. The highest BCUT2D eigenvalue weighted by molar-refractivity contribution is 7.90. The van der Waals surface area contributed by atoms with E-state index in [2.05, 4.69) is 14.2 Å². The first kappa shape index (κ1) is 43.7. The number of hydrogen-bond acceptors (Lipinski definition) is 15. The first-order valence-corrected chi connectivity index (χ1v) is 20.7. The van der Waals surface area contributed by atoms with Gasteiger partial charge in [-0.3, -0.25) is 30.3 Å². The Morgan fingerprint density at radius 3 is 0.825 bits per heavy atom. The molecular formula is C30H33N9O15S3. The Morgan fingerprint density at radius 1 is 0.456 bits per heavy atom. The number of nitrogens with one attached hydrogen (secondary N) is 3. The third-order valence-electron chi connectivity index (χ3n) is 8.34. The van der Waals surface area contributed by atoms with Gasteiger partial charge in [-0.15, -0.1) is 0 Å². The summed E-state index contributed by atoms with van der Waals surface area (Å²) in [5, 5.41) is 33.0. The number of nitrogens with zero attached hydrogens (tertiary/aromatic N) is 6.